The van der Waals surface area contributed by atoms with Crippen LogP contribution >= 0.6 is 31.9 Å². The maximum atomic E-state index is 13.4. The molecule has 24 heavy (non-hydrogen) atoms. The number of alkyl halides is 5. The van der Waals surface area contributed by atoms with Crippen molar-refractivity contribution in [2.45, 2.75) is 23.3 Å². The van der Waals surface area contributed by atoms with E-state index in [0.29, 0.717) is 5.56 Å². The topological polar surface area (TPSA) is 39.4 Å². The average Bonchev–Trinajstić information content (AvgIpc) is 2.87. The van der Waals surface area contributed by atoms with E-state index in [1.165, 1.54) is 6.92 Å². The molecule has 1 heterocycles. The summed E-state index contributed by atoms with van der Waals surface area (Å²) in [5.74, 6) is -2.34. The number of furan rings is 1. The molecule has 0 amide bonds. The molecule has 0 unspecified atom stereocenters. The van der Waals surface area contributed by atoms with E-state index in [4.69, 9.17) is 9.15 Å². The largest absolute Gasteiger partial charge is 0.462 e. The first-order chi connectivity index (χ1) is 11.3. The smallest absolute Gasteiger partial charge is 0.450 e. The lowest BCUT2D eigenvalue weighted by atomic mass is 9.99. The number of rotatable bonds is 5. The van der Waals surface area contributed by atoms with E-state index >= 15 is 0 Å². The van der Waals surface area contributed by atoms with Crippen LogP contribution in [0.1, 0.15) is 28.8 Å². The summed E-state index contributed by atoms with van der Waals surface area (Å²) >= 11 is 6.46. The predicted octanol–water partition coefficient (Wildman–Crippen LogP) is 5.80. The molecule has 0 radical (unpaired) electrons. The molecule has 3 nitrogen and oxygen atoms in total. The fraction of sp³-hybridized carbons (Fsp3) is 0.312. The van der Waals surface area contributed by atoms with Crippen LogP contribution in [0.4, 0.5) is 13.2 Å². The second-order valence-electron chi connectivity index (χ2n) is 4.78. The van der Waals surface area contributed by atoms with Crippen LogP contribution in [0.5, 0.6) is 0 Å². The average molecular weight is 470 g/mol. The zero-order valence-electron chi connectivity index (χ0n) is 12.5. The number of halogens is 5. The van der Waals surface area contributed by atoms with E-state index in [1.807, 2.05) is 0 Å². The number of hydrogen-bond acceptors (Lipinski definition) is 3. The Hall–Kier alpha value is -1.28. The van der Waals surface area contributed by atoms with Gasteiger partial charge in [-0.1, -0.05) is 62.2 Å². The Labute approximate surface area is 153 Å². The van der Waals surface area contributed by atoms with Crippen LogP contribution in [-0.4, -0.2) is 16.3 Å². The molecule has 0 atom stereocenters. The molecule has 0 fully saturated rings. The van der Waals surface area contributed by atoms with E-state index in [0.717, 1.165) is 0 Å². The van der Waals surface area contributed by atoms with Crippen LogP contribution in [0.25, 0.3) is 11.1 Å². The molecule has 0 saturated heterocycles. The molecule has 0 bridgehead atoms. The Morgan fingerprint density at radius 1 is 1.25 bits per heavy atom. The molecule has 0 aliphatic rings. The number of benzene rings is 1. The van der Waals surface area contributed by atoms with Crippen molar-refractivity contribution in [2.24, 2.45) is 0 Å². The van der Waals surface area contributed by atoms with Crippen LogP contribution in [-0.2, 0) is 17.3 Å². The van der Waals surface area contributed by atoms with E-state index < -0.39 is 23.5 Å². The van der Waals surface area contributed by atoms with Gasteiger partial charge in [0.2, 0.25) is 5.76 Å². The van der Waals surface area contributed by atoms with Crippen LogP contribution < -0.4 is 0 Å². The predicted molar refractivity (Wildman–Crippen MR) is 90.4 cm³/mol. The Bertz CT molecular complexity index is 709. The van der Waals surface area contributed by atoms with E-state index in [9.17, 15) is 18.0 Å². The SMILES string of the molecule is CCOC(=O)c1c(C(F)(F)F)oc(CC(Br)Br)c1-c1ccccc1. The third-order valence-corrected chi connectivity index (χ3v) is 3.77. The van der Waals surface area contributed by atoms with Gasteiger partial charge in [0.25, 0.3) is 0 Å². The first kappa shape index (κ1) is 19.1. The number of ether oxygens (including phenoxy) is 1. The molecule has 0 aliphatic heterocycles. The Kier molecular flexibility index (Phi) is 6.14. The second-order valence-corrected chi connectivity index (χ2v) is 8.22. The molecule has 0 saturated carbocycles. The summed E-state index contributed by atoms with van der Waals surface area (Å²) < 4.78 is 49.7. The maximum absolute atomic E-state index is 13.4. The van der Waals surface area contributed by atoms with Crippen LogP contribution in [0.3, 0.4) is 0 Å². The minimum atomic E-state index is -4.81. The lowest BCUT2D eigenvalue weighted by Gasteiger charge is -2.08. The molecule has 2 rings (SSSR count). The summed E-state index contributed by atoms with van der Waals surface area (Å²) in [7, 11) is 0. The molecular weight excluding hydrogens is 457 g/mol. The summed E-state index contributed by atoms with van der Waals surface area (Å²) in [5.41, 5.74) is -0.0353. The van der Waals surface area contributed by atoms with Crippen LogP contribution in [0.2, 0.25) is 0 Å². The Morgan fingerprint density at radius 3 is 2.38 bits per heavy atom. The molecule has 8 heteroatoms. The second kappa shape index (κ2) is 7.74. The van der Waals surface area contributed by atoms with Gasteiger partial charge < -0.3 is 9.15 Å². The van der Waals surface area contributed by atoms with Gasteiger partial charge in [0, 0.05) is 12.0 Å². The van der Waals surface area contributed by atoms with E-state index in [2.05, 4.69) is 31.9 Å². The fourth-order valence-electron chi connectivity index (χ4n) is 2.27. The van der Waals surface area contributed by atoms with Gasteiger partial charge >= 0.3 is 12.1 Å². The quantitative estimate of drug-likeness (QED) is 0.410. The first-order valence-corrected chi connectivity index (χ1v) is 8.82. The number of esters is 1. The first-order valence-electron chi connectivity index (χ1n) is 6.99. The van der Waals surface area contributed by atoms with Gasteiger partial charge in [0.05, 0.1) is 10.3 Å². The van der Waals surface area contributed by atoms with Crippen molar-refractivity contribution >= 4 is 37.8 Å². The van der Waals surface area contributed by atoms with Gasteiger partial charge in [-0.25, -0.2) is 4.79 Å². The molecule has 2 aromatic rings. The maximum Gasteiger partial charge on any atom is 0.450 e. The Morgan fingerprint density at radius 2 is 1.88 bits per heavy atom. The molecule has 1 aromatic carbocycles. The van der Waals surface area contributed by atoms with Crippen molar-refractivity contribution in [1.29, 1.82) is 0 Å². The molecule has 0 spiro atoms. The standard InChI is InChI=1S/C16H13Br2F3O3/c1-2-23-15(22)13-12(9-6-4-3-5-7-9)10(8-11(17)18)24-14(13)16(19,20)21/h3-7,11H,2,8H2,1H3. The molecular formula is C16H13Br2F3O3. The van der Waals surface area contributed by atoms with Crippen molar-refractivity contribution in [3.05, 3.63) is 47.4 Å². The summed E-state index contributed by atoms with van der Waals surface area (Å²) in [6, 6.07) is 8.32. The van der Waals surface area contributed by atoms with Crippen molar-refractivity contribution in [3.63, 3.8) is 0 Å². The molecule has 0 aliphatic carbocycles. The highest BCUT2D eigenvalue weighted by molar-refractivity contribution is 9.24. The van der Waals surface area contributed by atoms with Gasteiger partial charge in [-0.15, -0.1) is 0 Å². The van der Waals surface area contributed by atoms with E-state index in [-0.39, 0.29) is 28.1 Å². The van der Waals surface area contributed by atoms with Crippen molar-refractivity contribution in [3.8, 4) is 11.1 Å². The highest BCUT2D eigenvalue weighted by Gasteiger charge is 2.43. The van der Waals surface area contributed by atoms with Gasteiger partial charge in [0.15, 0.2) is 0 Å². The van der Waals surface area contributed by atoms with E-state index in [1.54, 1.807) is 30.3 Å². The monoisotopic (exact) mass is 468 g/mol. The molecule has 1 aromatic heterocycles. The summed E-state index contributed by atoms with van der Waals surface area (Å²) in [5, 5.41) is 0. The minimum Gasteiger partial charge on any atom is -0.462 e. The zero-order chi connectivity index (χ0) is 17.9. The minimum absolute atomic E-state index is 0.0373. The molecule has 0 N–H and O–H groups in total. The van der Waals surface area contributed by atoms with Crippen LogP contribution in [0.15, 0.2) is 34.7 Å². The summed E-state index contributed by atoms with van der Waals surface area (Å²) in [4.78, 5) is 12.2. The number of hydrogen-bond donors (Lipinski definition) is 0. The van der Waals surface area contributed by atoms with Gasteiger partial charge in [-0.2, -0.15) is 13.2 Å². The zero-order valence-corrected chi connectivity index (χ0v) is 15.7. The van der Waals surface area contributed by atoms with Crippen molar-refractivity contribution < 1.29 is 27.1 Å². The third-order valence-electron chi connectivity index (χ3n) is 3.12. The normalized spacial score (nSPS) is 11.8. The Balaban J connectivity index is 2.75. The lowest BCUT2D eigenvalue weighted by Crippen LogP contribution is -2.13. The third kappa shape index (κ3) is 4.22. The fourth-order valence-corrected chi connectivity index (χ4v) is 2.86. The van der Waals surface area contributed by atoms with Crippen LogP contribution in [0, 0.1) is 0 Å². The number of carbonyl (C=O) groups excluding carboxylic acids is 1. The highest BCUT2D eigenvalue weighted by Crippen LogP contribution is 2.42. The van der Waals surface area contributed by atoms with Crippen molar-refractivity contribution in [1.82, 2.24) is 0 Å². The van der Waals surface area contributed by atoms with Gasteiger partial charge in [-0.05, 0) is 12.5 Å². The number of carbonyl (C=O) groups is 1. The van der Waals surface area contributed by atoms with Gasteiger partial charge in [-0.3, -0.25) is 0 Å². The van der Waals surface area contributed by atoms with Crippen molar-refractivity contribution in [2.75, 3.05) is 6.61 Å². The summed E-state index contributed by atoms with van der Waals surface area (Å²) in [6.45, 7) is 1.49. The van der Waals surface area contributed by atoms with Gasteiger partial charge in [0.1, 0.15) is 11.3 Å². The summed E-state index contributed by atoms with van der Waals surface area (Å²) in [6.07, 6.45) is -4.69. The lowest BCUT2D eigenvalue weighted by molar-refractivity contribution is -0.154. The highest BCUT2D eigenvalue weighted by atomic mass is 79.9. The molecule has 130 valence electrons.